The largest absolute Gasteiger partial charge is 0.497 e. The standard InChI is InChI=1S/C15H23NO8P2/c1-6-22-25(17,23-7-2)15(12-16,24-26(18,20-4)21-5)13-8-10-14(19-3)11-9-13/h8-11H,6-7H2,1-5H3. The molecule has 26 heavy (non-hydrogen) atoms. The van der Waals surface area contributed by atoms with Crippen molar-refractivity contribution >= 4 is 15.4 Å². The second-order valence-corrected chi connectivity index (χ2v) is 8.67. The molecule has 0 heterocycles. The molecule has 1 unspecified atom stereocenters. The number of phosphoric acid groups is 1. The van der Waals surface area contributed by atoms with Crippen molar-refractivity contribution in [3.05, 3.63) is 29.8 Å². The summed E-state index contributed by atoms with van der Waals surface area (Å²) >= 11 is 0. The van der Waals surface area contributed by atoms with Crippen molar-refractivity contribution in [2.75, 3.05) is 34.5 Å². The molecule has 11 heteroatoms. The summed E-state index contributed by atoms with van der Waals surface area (Å²) in [6.45, 7) is 3.08. The van der Waals surface area contributed by atoms with Gasteiger partial charge < -0.3 is 13.8 Å². The number of rotatable bonds is 11. The van der Waals surface area contributed by atoms with Crippen LogP contribution in [-0.4, -0.2) is 34.5 Å². The second-order valence-electron chi connectivity index (χ2n) is 4.72. The molecule has 9 nitrogen and oxygen atoms in total. The third-order valence-electron chi connectivity index (χ3n) is 3.31. The van der Waals surface area contributed by atoms with Crippen molar-refractivity contribution in [1.29, 1.82) is 5.26 Å². The van der Waals surface area contributed by atoms with E-state index in [-0.39, 0.29) is 18.8 Å². The number of hydrogen-bond acceptors (Lipinski definition) is 9. The van der Waals surface area contributed by atoms with Crippen LogP contribution in [0.3, 0.4) is 0 Å². The van der Waals surface area contributed by atoms with E-state index in [1.807, 2.05) is 0 Å². The summed E-state index contributed by atoms with van der Waals surface area (Å²) in [5, 5.41) is 7.55. The maximum absolute atomic E-state index is 13.5. The Morgan fingerprint density at radius 3 is 1.85 bits per heavy atom. The number of methoxy groups -OCH3 is 1. The molecule has 0 aliphatic rings. The van der Waals surface area contributed by atoms with E-state index in [2.05, 4.69) is 0 Å². The monoisotopic (exact) mass is 407 g/mol. The average Bonchev–Trinajstić information content (AvgIpc) is 2.66. The molecule has 1 aromatic rings. The molecule has 0 saturated heterocycles. The Morgan fingerprint density at radius 2 is 1.50 bits per heavy atom. The van der Waals surface area contributed by atoms with Crippen molar-refractivity contribution in [2.24, 2.45) is 0 Å². The van der Waals surface area contributed by atoms with Gasteiger partial charge in [-0.1, -0.05) is 12.1 Å². The van der Waals surface area contributed by atoms with Crippen LogP contribution in [0.5, 0.6) is 5.75 Å². The van der Waals surface area contributed by atoms with E-state index in [9.17, 15) is 14.4 Å². The molecule has 0 bridgehead atoms. The Labute approximate surface area is 153 Å². The quantitative estimate of drug-likeness (QED) is 0.501. The lowest BCUT2D eigenvalue weighted by Crippen LogP contribution is -2.30. The van der Waals surface area contributed by atoms with E-state index in [0.717, 1.165) is 14.2 Å². The summed E-state index contributed by atoms with van der Waals surface area (Å²) in [6, 6.07) is 7.71. The zero-order valence-corrected chi connectivity index (χ0v) is 17.1. The Hall–Kier alpha value is -1.23. The van der Waals surface area contributed by atoms with E-state index < -0.39 is 20.8 Å². The molecular formula is C15H23NO8P2. The molecule has 1 aromatic carbocycles. The van der Waals surface area contributed by atoms with E-state index in [1.54, 1.807) is 19.9 Å². The molecule has 0 aromatic heterocycles. The number of nitriles is 1. The van der Waals surface area contributed by atoms with Crippen LogP contribution < -0.4 is 4.74 Å². The first-order chi connectivity index (χ1) is 12.3. The third-order valence-corrected chi connectivity index (χ3v) is 7.26. The molecule has 0 fully saturated rings. The van der Waals surface area contributed by atoms with E-state index in [1.165, 1.54) is 31.4 Å². The van der Waals surface area contributed by atoms with Crippen LogP contribution in [0.1, 0.15) is 19.4 Å². The minimum Gasteiger partial charge on any atom is -0.497 e. The first-order valence-corrected chi connectivity index (χ1v) is 10.7. The maximum atomic E-state index is 13.5. The van der Waals surface area contributed by atoms with Crippen LogP contribution in [-0.2, 0) is 37.1 Å². The van der Waals surface area contributed by atoms with Crippen LogP contribution in [0.25, 0.3) is 0 Å². The third kappa shape index (κ3) is 4.54. The number of ether oxygens (including phenoxy) is 1. The van der Waals surface area contributed by atoms with Gasteiger partial charge in [0.1, 0.15) is 11.8 Å². The molecule has 146 valence electrons. The topological polar surface area (TPSA) is 113 Å². The smallest absolute Gasteiger partial charge is 0.476 e. The Bertz CT molecular complexity index is 699. The van der Waals surface area contributed by atoms with Gasteiger partial charge in [0, 0.05) is 19.8 Å². The van der Waals surface area contributed by atoms with Gasteiger partial charge in [-0.25, -0.2) is 9.09 Å². The molecule has 0 spiro atoms. The van der Waals surface area contributed by atoms with Gasteiger partial charge in [0.15, 0.2) is 0 Å². The normalized spacial score (nSPS) is 14.5. The zero-order chi connectivity index (χ0) is 19.8. The highest BCUT2D eigenvalue weighted by molar-refractivity contribution is 7.56. The number of phosphoric ester groups is 1. The highest BCUT2D eigenvalue weighted by atomic mass is 31.2. The SMILES string of the molecule is CCOP(=O)(OCC)C(C#N)(OP(=O)(OC)OC)c1ccc(OC)cc1. The summed E-state index contributed by atoms with van der Waals surface area (Å²) < 4.78 is 56.7. The summed E-state index contributed by atoms with van der Waals surface area (Å²) in [6.07, 6.45) is 0. The van der Waals surface area contributed by atoms with Gasteiger partial charge in [0.05, 0.1) is 20.3 Å². The van der Waals surface area contributed by atoms with Crippen molar-refractivity contribution < 1.29 is 36.5 Å². The summed E-state index contributed by atoms with van der Waals surface area (Å²) in [4.78, 5) is 0. The molecule has 0 N–H and O–H groups in total. The van der Waals surface area contributed by atoms with Gasteiger partial charge in [-0.15, -0.1) is 0 Å². The fourth-order valence-corrected chi connectivity index (χ4v) is 5.27. The van der Waals surface area contributed by atoms with Crippen LogP contribution in [0, 0.1) is 11.3 Å². The molecular weight excluding hydrogens is 384 g/mol. The number of nitrogens with zero attached hydrogens (tertiary/aromatic N) is 1. The predicted octanol–water partition coefficient (Wildman–Crippen LogP) is 4.06. The van der Waals surface area contributed by atoms with Crippen LogP contribution >= 0.6 is 15.4 Å². The highest BCUT2D eigenvalue weighted by Gasteiger charge is 2.59. The zero-order valence-electron chi connectivity index (χ0n) is 15.3. The Morgan fingerprint density at radius 1 is 1.00 bits per heavy atom. The first-order valence-electron chi connectivity index (χ1n) is 7.67. The molecule has 1 atom stereocenters. The van der Waals surface area contributed by atoms with E-state index >= 15 is 0 Å². The molecule has 0 aliphatic carbocycles. The van der Waals surface area contributed by atoms with Crippen molar-refractivity contribution in [3.8, 4) is 11.8 Å². The van der Waals surface area contributed by atoms with Gasteiger partial charge in [-0.2, -0.15) is 5.26 Å². The average molecular weight is 407 g/mol. The van der Waals surface area contributed by atoms with Gasteiger partial charge in [0.25, 0.3) is 5.34 Å². The van der Waals surface area contributed by atoms with Gasteiger partial charge in [-0.3, -0.25) is 13.6 Å². The fourth-order valence-electron chi connectivity index (χ4n) is 2.09. The lowest BCUT2D eigenvalue weighted by Gasteiger charge is -2.34. The molecule has 1 rings (SSSR count). The van der Waals surface area contributed by atoms with Crippen LogP contribution in [0.4, 0.5) is 0 Å². The summed E-state index contributed by atoms with van der Waals surface area (Å²) in [5.41, 5.74) is 0.0837. The van der Waals surface area contributed by atoms with E-state index in [4.69, 9.17) is 27.4 Å². The molecule has 0 radical (unpaired) electrons. The van der Waals surface area contributed by atoms with E-state index in [0.29, 0.717) is 5.75 Å². The van der Waals surface area contributed by atoms with Gasteiger partial charge in [0.2, 0.25) is 0 Å². The highest BCUT2D eigenvalue weighted by Crippen LogP contribution is 2.70. The molecule has 0 aliphatic heterocycles. The predicted molar refractivity (Wildman–Crippen MR) is 93.9 cm³/mol. The molecule has 0 amide bonds. The van der Waals surface area contributed by atoms with Gasteiger partial charge in [-0.05, 0) is 26.0 Å². The van der Waals surface area contributed by atoms with Gasteiger partial charge >= 0.3 is 15.4 Å². The Balaban J connectivity index is 3.68. The number of benzene rings is 1. The maximum Gasteiger partial charge on any atom is 0.476 e. The lowest BCUT2D eigenvalue weighted by molar-refractivity contribution is 0.0737. The van der Waals surface area contributed by atoms with Crippen molar-refractivity contribution in [3.63, 3.8) is 0 Å². The minimum atomic E-state index is -4.29. The summed E-state index contributed by atoms with van der Waals surface area (Å²) in [5.74, 6) is 0.491. The first kappa shape index (κ1) is 22.8. The second kappa shape index (κ2) is 9.63. The molecule has 0 saturated carbocycles. The van der Waals surface area contributed by atoms with Crippen molar-refractivity contribution in [2.45, 2.75) is 19.2 Å². The lowest BCUT2D eigenvalue weighted by atomic mass is 10.1. The Kier molecular flexibility index (Phi) is 8.45. The number of hydrogen-bond donors (Lipinski definition) is 0. The minimum absolute atomic E-state index is 0.0372. The summed E-state index contributed by atoms with van der Waals surface area (Å²) in [7, 11) is -4.90. The fraction of sp³-hybridized carbons (Fsp3) is 0.533. The van der Waals surface area contributed by atoms with Crippen LogP contribution in [0.15, 0.2) is 24.3 Å². The van der Waals surface area contributed by atoms with Crippen molar-refractivity contribution in [1.82, 2.24) is 0 Å². The van der Waals surface area contributed by atoms with Crippen LogP contribution in [0.2, 0.25) is 0 Å².